The molecule has 3 rings (SSSR count). The van der Waals surface area contributed by atoms with Crippen LogP contribution in [0.2, 0.25) is 0 Å². The summed E-state index contributed by atoms with van der Waals surface area (Å²) in [6.45, 7) is 0. The number of aromatic hydroxyl groups is 2. The molecule has 3 aromatic rings. The Labute approximate surface area is 163 Å². The van der Waals surface area contributed by atoms with E-state index >= 15 is 0 Å². The normalized spacial score (nSPS) is 10.4. The largest absolute Gasteiger partial charge is 0.507 e. The van der Waals surface area contributed by atoms with Crippen LogP contribution in [0.4, 0.5) is 5.69 Å². The maximum Gasteiger partial charge on any atom is 0.339 e. The minimum absolute atomic E-state index is 0.0636. The topological polar surface area (TPSA) is 151 Å². The number of ether oxygens (including phenoxy) is 1. The van der Waals surface area contributed by atoms with Crippen LogP contribution >= 0.6 is 0 Å². The Bertz CT molecular complexity index is 1170. The van der Waals surface area contributed by atoms with Gasteiger partial charge in [-0.1, -0.05) is 12.1 Å². The van der Waals surface area contributed by atoms with Gasteiger partial charge in [0.2, 0.25) is 0 Å². The van der Waals surface area contributed by atoms with E-state index in [9.17, 15) is 24.6 Å². The smallest absolute Gasteiger partial charge is 0.339 e. The summed E-state index contributed by atoms with van der Waals surface area (Å²) >= 11 is 0. The predicted octanol–water partition coefficient (Wildman–Crippen LogP) is 1.60. The number of carbonyl (C=O) groups is 2. The van der Waals surface area contributed by atoms with Gasteiger partial charge in [-0.25, -0.2) is 4.79 Å². The number of anilines is 1. The van der Waals surface area contributed by atoms with Crippen molar-refractivity contribution in [1.82, 2.24) is 9.78 Å². The van der Waals surface area contributed by atoms with Gasteiger partial charge >= 0.3 is 5.97 Å². The number of nitrogens with one attached hydrogen (secondary N) is 1. The first-order valence-electron chi connectivity index (χ1n) is 8.16. The molecule has 4 N–H and O–H groups in total. The van der Waals surface area contributed by atoms with Gasteiger partial charge in [0.1, 0.15) is 22.7 Å². The van der Waals surface area contributed by atoms with Crippen LogP contribution in [-0.4, -0.2) is 44.1 Å². The molecule has 0 spiro atoms. The molecule has 2 aromatic carbocycles. The number of benzene rings is 2. The lowest BCUT2D eigenvalue weighted by molar-refractivity contribution is 0.0693. The number of methoxy groups -OCH3 is 1. The van der Waals surface area contributed by atoms with Gasteiger partial charge in [-0.2, -0.15) is 9.78 Å². The van der Waals surface area contributed by atoms with Gasteiger partial charge in [0.15, 0.2) is 11.4 Å². The lowest BCUT2D eigenvalue weighted by Crippen LogP contribution is -2.25. The molecule has 148 valence electrons. The second-order valence-electron chi connectivity index (χ2n) is 5.79. The predicted molar refractivity (Wildman–Crippen MR) is 101 cm³/mol. The van der Waals surface area contributed by atoms with E-state index in [-0.39, 0.29) is 16.9 Å². The zero-order chi connectivity index (χ0) is 21.1. The number of hydrogen-bond donors (Lipinski definition) is 4. The molecule has 0 bridgehead atoms. The Morgan fingerprint density at radius 1 is 1.07 bits per heavy atom. The highest BCUT2D eigenvalue weighted by Crippen LogP contribution is 2.24. The maximum absolute atomic E-state index is 12.5. The Morgan fingerprint density at radius 2 is 1.79 bits per heavy atom. The third kappa shape index (κ3) is 3.86. The standard InChI is InChI=1S/C19H15N3O7/c1-29-15-5-3-2-4-12(15)22-16(25)9-14(24)17(21-22)18(26)20-10-6-7-11(19(27)28)13(23)8-10/h2-9,23-24H,1H3,(H,20,26)(H,27,28). The number of hydrogen-bond acceptors (Lipinski definition) is 7. The molecule has 0 aliphatic carbocycles. The highest BCUT2D eigenvalue weighted by Gasteiger charge is 2.19. The number of nitrogens with zero attached hydrogens (tertiary/aromatic N) is 2. The van der Waals surface area contributed by atoms with Gasteiger partial charge in [-0.15, -0.1) is 0 Å². The van der Waals surface area contributed by atoms with Crippen molar-refractivity contribution in [3.8, 4) is 22.9 Å². The zero-order valence-corrected chi connectivity index (χ0v) is 15.0. The van der Waals surface area contributed by atoms with E-state index in [0.29, 0.717) is 5.75 Å². The quantitative estimate of drug-likeness (QED) is 0.507. The first-order chi connectivity index (χ1) is 13.8. The molecule has 0 aliphatic rings. The maximum atomic E-state index is 12.5. The van der Waals surface area contributed by atoms with E-state index in [1.54, 1.807) is 24.3 Å². The van der Waals surface area contributed by atoms with Crippen LogP contribution in [0.3, 0.4) is 0 Å². The fourth-order valence-corrected chi connectivity index (χ4v) is 2.57. The van der Waals surface area contributed by atoms with E-state index in [4.69, 9.17) is 9.84 Å². The number of carboxylic acid groups (broad SMARTS) is 1. The molecule has 10 nitrogen and oxygen atoms in total. The minimum Gasteiger partial charge on any atom is -0.507 e. The van der Waals surface area contributed by atoms with E-state index in [0.717, 1.165) is 22.9 Å². The Hall–Kier alpha value is -4.34. The number of aromatic nitrogens is 2. The van der Waals surface area contributed by atoms with Crippen molar-refractivity contribution < 1.29 is 29.6 Å². The summed E-state index contributed by atoms with van der Waals surface area (Å²) in [6, 6.07) is 10.7. The average molecular weight is 397 g/mol. The molecule has 0 unspecified atom stereocenters. The fourth-order valence-electron chi connectivity index (χ4n) is 2.57. The number of para-hydroxylation sites is 2. The molecular weight excluding hydrogens is 382 g/mol. The van der Waals surface area contributed by atoms with Crippen molar-refractivity contribution in [2.45, 2.75) is 0 Å². The molecular formula is C19H15N3O7. The molecule has 1 aromatic heterocycles. The van der Waals surface area contributed by atoms with Crippen LogP contribution < -0.4 is 15.6 Å². The van der Waals surface area contributed by atoms with Crippen LogP contribution in [0, 0.1) is 0 Å². The zero-order valence-electron chi connectivity index (χ0n) is 15.0. The van der Waals surface area contributed by atoms with Gasteiger partial charge in [0.05, 0.1) is 7.11 Å². The number of amides is 1. The third-order valence-electron chi connectivity index (χ3n) is 3.93. The Morgan fingerprint density at radius 3 is 2.45 bits per heavy atom. The van der Waals surface area contributed by atoms with Crippen molar-refractivity contribution in [2.75, 3.05) is 12.4 Å². The average Bonchev–Trinajstić information content (AvgIpc) is 2.67. The van der Waals surface area contributed by atoms with Crippen molar-refractivity contribution in [3.63, 3.8) is 0 Å². The van der Waals surface area contributed by atoms with Crippen LogP contribution in [0.25, 0.3) is 5.69 Å². The summed E-state index contributed by atoms with van der Waals surface area (Å²) in [6.07, 6.45) is 0. The Kier molecular flexibility index (Phi) is 5.17. The highest BCUT2D eigenvalue weighted by atomic mass is 16.5. The van der Waals surface area contributed by atoms with Crippen molar-refractivity contribution in [3.05, 3.63) is 70.1 Å². The van der Waals surface area contributed by atoms with E-state index in [1.807, 2.05) is 0 Å². The summed E-state index contributed by atoms with van der Waals surface area (Å²) in [5.41, 5.74) is -1.16. The third-order valence-corrected chi connectivity index (χ3v) is 3.93. The van der Waals surface area contributed by atoms with Gasteiger partial charge in [0.25, 0.3) is 11.5 Å². The summed E-state index contributed by atoms with van der Waals surface area (Å²) in [5, 5.41) is 35.0. The number of phenols is 1. The Balaban J connectivity index is 1.99. The molecule has 0 radical (unpaired) electrons. The number of carbonyl (C=O) groups excluding carboxylic acids is 1. The number of carboxylic acids is 1. The molecule has 0 fully saturated rings. The summed E-state index contributed by atoms with van der Waals surface area (Å²) in [5.74, 6) is -3.08. The molecule has 1 heterocycles. The van der Waals surface area contributed by atoms with Crippen molar-refractivity contribution in [1.29, 1.82) is 0 Å². The number of aromatic carboxylic acids is 1. The lowest BCUT2D eigenvalue weighted by atomic mass is 10.2. The molecule has 29 heavy (non-hydrogen) atoms. The fraction of sp³-hybridized carbons (Fsp3) is 0.0526. The van der Waals surface area contributed by atoms with Gasteiger partial charge in [0, 0.05) is 17.8 Å². The minimum atomic E-state index is -1.33. The first kappa shape index (κ1) is 19.4. The summed E-state index contributed by atoms with van der Waals surface area (Å²) in [7, 11) is 1.41. The van der Waals surface area contributed by atoms with E-state index < -0.39 is 34.6 Å². The van der Waals surface area contributed by atoms with E-state index in [1.165, 1.54) is 13.2 Å². The van der Waals surface area contributed by atoms with Crippen LogP contribution in [0.1, 0.15) is 20.8 Å². The van der Waals surface area contributed by atoms with Crippen molar-refractivity contribution >= 4 is 17.6 Å². The van der Waals surface area contributed by atoms with Crippen LogP contribution in [0.5, 0.6) is 17.2 Å². The van der Waals surface area contributed by atoms with Gasteiger partial charge in [-0.05, 0) is 24.3 Å². The van der Waals surface area contributed by atoms with Crippen molar-refractivity contribution in [2.24, 2.45) is 0 Å². The molecule has 0 saturated heterocycles. The van der Waals surface area contributed by atoms with Crippen LogP contribution in [-0.2, 0) is 0 Å². The lowest BCUT2D eigenvalue weighted by Gasteiger charge is -2.12. The molecule has 0 saturated carbocycles. The van der Waals surface area contributed by atoms with Gasteiger partial charge in [-0.3, -0.25) is 9.59 Å². The first-order valence-corrected chi connectivity index (χ1v) is 8.16. The second kappa shape index (κ2) is 7.72. The highest BCUT2D eigenvalue weighted by molar-refractivity contribution is 6.05. The second-order valence-corrected chi connectivity index (χ2v) is 5.79. The molecule has 10 heteroatoms. The summed E-state index contributed by atoms with van der Waals surface area (Å²) < 4.78 is 6.09. The monoisotopic (exact) mass is 397 g/mol. The molecule has 0 atom stereocenters. The molecule has 0 aliphatic heterocycles. The van der Waals surface area contributed by atoms with E-state index in [2.05, 4.69) is 10.4 Å². The summed E-state index contributed by atoms with van der Waals surface area (Å²) in [4.78, 5) is 35.7. The molecule has 1 amide bonds. The van der Waals surface area contributed by atoms with Crippen LogP contribution in [0.15, 0.2) is 53.3 Å². The van der Waals surface area contributed by atoms with Gasteiger partial charge < -0.3 is 25.4 Å². The SMILES string of the molecule is COc1ccccc1-n1nc(C(=O)Nc2ccc(C(=O)O)c(O)c2)c(O)cc1=O. The number of rotatable bonds is 5.